The Hall–Kier alpha value is -2.86. The summed E-state index contributed by atoms with van der Waals surface area (Å²) in [7, 11) is 0. The second-order valence-electron chi connectivity index (χ2n) is 7.19. The molecule has 1 fully saturated rings. The van der Waals surface area contributed by atoms with Gasteiger partial charge < -0.3 is 14.2 Å². The van der Waals surface area contributed by atoms with E-state index in [2.05, 4.69) is 10.1 Å². The summed E-state index contributed by atoms with van der Waals surface area (Å²) in [6, 6.07) is 11.2. The number of nitrogens with zero attached hydrogens (tertiary/aromatic N) is 3. The maximum absolute atomic E-state index is 13.2. The third kappa shape index (κ3) is 4.12. The summed E-state index contributed by atoms with van der Waals surface area (Å²) in [5.41, 5.74) is 2.61. The molecule has 4 rings (SSSR count). The van der Waals surface area contributed by atoms with Gasteiger partial charge in [0.2, 0.25) is 0 Å². The highest BCUT2D eigenvalue weighted by atomic mass is 35.5. The van der Waals surface area contributed by atoms with Gasteiger partial charge in [0.1, 0.15) is 28.9 Å². The second-order valence-corrected chi connectivity index (χ2v) is 7.59. The monoisotopic (exact) mass is 411 g/mol. The summed E-state index contributed by atoms with van der Waals surface area (Å²) in [4.78, 5) is 19.3. The van der Waals surface area contributed by atoms with E-state index < -0.39 is 0 Å². The van der Waals surface area contributed by atoms with E-state index in [0.29, 0.717) is 40.7 Å². The molecule has 0 unspecified atom stereocenters. The molecule has 6 nitrogen and oxygen atoms in total. The zero-order valence-corrected chi connectivity index (χ0v) is 17.1. The highest BCUT2D eigenvalue weighted by molar-refractivity contribution is 6.33. The third-order valence-corrected chi connectivity index (χ3v) is 5.45. The minimum Gasteiger partial charge on any atom is -0.489 e. The van der Waals surface area contributed by atoms with Crippen molar-refractivity contribution in [2.24, 2.45) is 0 Å². The highest BCUT2D eigenvalue weighted by Crippen LogP contribution is 2.32. The Labute approximate surface area is 174 Å². The molecule has 3 heterocycles. The van der Waals surface area contributed by atoms with Crippen LogP contribution < -0.4 is 4.74 Å². The van der Waals surface area contributed by atoms with E-state index in [-0.39, 0.29) is 12.0 Å². The van der Waals surface area contributed by atoms with E-state index >= 15 is 0 Å². The molecule has 0 atom stereocenters. The first-order valence-corrected chi connectivity index (χ1v) is 10.0. The quantitative estimate of drug-likeness (QED) is 0.622. The number of benzene rings is 1. The smallest absolute Gasteiger partial charge is 0.259 e. The first-order chi connectivity index (χ1) is 14.0. The molecule has 0 saturated carbocycles. The molecule has 0 N–H and O–H groups in total. The Bertz CT molecular complexity index is 1010. The van der Waals surface area contributed by atoms with Crippen LogP contribution in [-0.2, 0) is 0 Å². The van der Waals surface area contributed by atoms with E-state index in [4.69, 9.17) is 20.9 Å². The maximum atomic E-state index is 13.2. The highest BCUT2D eigenvalue weighted by Gasteiger charge is 2.30. The van der Waals surface area contributed by atoms with E-state index in [1.54, 1.807) is 19.2 Å². The number of amides is 1. The molecule has 1 aromatic carbocycles. The number of aromatic nitrogens is 2. The number of pyridine rings is 1. The van der Waals surface area contributed by atoms with Crippen molar-refractivity contribution in [2.45, 2.75) is 32.8 Å². The number of hydrogen-bond donors (Lipinski definition) is 0. The van der Waals surface area contributed by atoms with Gasteiger partial charge in [-0.1, -0.05) is 35.0 Å². The van der Waals surface area contributed by atoms with Gasteiger partial charge in [0.05, 0.1) is 11.2 Å². The fourth-order valence-corrected chi connectivity index (χ4v) is 3.74. The summed E-state index contributed by atoms with van der Waals surface area (Å²) < 4.78 is 11.4. The van der Waals surface area contributed by atoms with Crippen LogP contribution in [0.5, 0.6) is 5.75 Å². The Morgan fingerprint density at radius 1 is 1.17 bits per heavy atom. The Kier molecular flexibility index (Phi) is 5.53. The minimum absolute atomic E-state index is 0.0650. The lowest BCUT2D eigenvalue weighted by atomic mass is 10.0. The molecule has 0 radical (unpaired) electrons. The average Bonchev–Trinajstić information content (AvgIpc) is 3.11. The van der Waals surface area contributed by atoms with Gasteiger partial charge in [0.15, 0.2) is 0 Å². The molecular weight excluding hydrogens is 390 g/mol. The van der Waals surface area contributed by atoms with Crippen LogP contribution in [0.4, 0.5) is 0 Å². The normalized spacial score (nSPS) is 14.8. The number of aryl methyl sites for hydroxylation is 2. The van der Waals surface area contributed by atoms with Crippen LogP contribution in [0.2, 0.25) is 5.02 Å². The Morgan fingerprint density at radius 2 is 1.93 bits per heavy atom. The Balaban J connectivity index is 1.46. The molecule has 1 amide bonds. The lowest BCUT2D eigenvalue weighted by Gasteiger charge is -2.32. The zero-order chi connectivity index (χ0) is 20.4. The predicted molar refractivity (Wildman–Crippen MR) is 110 cm³/mol. The number of piperidine rings is 1. The SMILES string of the molecule is Cc1ccc(OC2CCN(C(=O)c3c(-c4ccccc4Cl)noc3C)CC2)cn1. The molecule has 3 aromatic rings. The number of ether oxygens (including phenoxy) is 1. The van der Waals surface area contributed by atoms with Gasteiger partial charge in [-0.05, 0) is 32.0 Å². The summed E-state index contributed by atoms with van der Waals surface area (Å²) in [6.07, 6.45) is 3.31. The van der Waals surface area contributed by atoms with Crippen LogP contribution in [0.1, 0.15) is 34.7 Å². The topological polar surface area (TPSA) is 68.5 Å². The van der Waals surface area contributed by atoms with Crippen LogP contribution in [0.3, 0.4) is 0 Å². The van der Waals surface area contributed by atoms with E-state index in [1.807, 2.05) is 42.2 Å². The summed E-state index contributed by atoms with van der Waals surface area (Å²) in [5.74, 6) is 1.17. The molecule has 7 heteroatoms. The standard InChI is InChI=1S/C22H22ClN3O3/c1-14-7-8-17(13-24-14)28-16-9-11-26(12-10-16)22(27)20-15(2)29-25-21(20)18-5-3-4-6-19(18)23/h3-8,13,16H,9-12H2,1-2H3. The van der Waals surface area contributed by atoms with Gasteiger partial charge in [-0.25, -0.2) is 0 Å². The van der Waals surface area contributed by atoms with Crippen LogP contribution in [0.25, 0.3) is 11.3 Å². The molecule has 1 aliphatic heterocycles. The van der Waals surface area contributed by atoms with Crippen molar-refractivity contribution < 1.29 is 14.1 Å². The van der Waals surface area contributed by atoms with Crippen LogP contribution >= 0.6 is 11.6 Å². The molecule has 1 saturated heterocycles. The number of carbonyl (C=O) groups excluding carboxylic acids is 1. The first kappa shape index (κ1) is 19.5. The fraction of sp³-hybridized carbons (Fsp3) is 0.318. The van der Waals surface area contributed by atoms with Crippen molar-refractivity contribution in [1.82, 2.24) is 15.0 Å². The fourth-order valence-electron chi connectivity index (χ4n) is 3.51. The van der Waals surface area contributed by atoms with Gasteiger partial charge in [0, 0.05) is 37.2 Å². The molecule has 0 aliphatic carbocycles. The number of carbonyl (C=O) groups is 1. The zero-order valence-electron chi connectivity index (χ0n) is 16.4. The largest absolute Gasteiger partial charge is 0.489 e. The number of hydrogen-bond acceptors (Lipinski definition) is 5. The Morgan fingerprint density at radius 3 is 2.62 bits per heavy atom. The molecule has 29 heavy (non-hydrogen) atoms. The molecule has 1 aliphatic rings. The number of likely N-dealkylation sites (tertiary alicyclic amines) is 1. The van der Waals surface area contributed by atoms with Crippen LogP contribution in [-0.4, -0.2) is 40.1 Å². The lowest BCUT2D eigenvalue weighted by Crippen LogP contribution is -2.42. The van der Waals surface area contributed by atoms with Gasteiger partial charge in [-0.3, -0.25) is 9.78 Å². The summed E-state index contributed by atoms with van der Waals surface area (Å²) in [6.45, 7) is 4.91. The summed E-state index contributed by atoms with van der Waals surface area (Å²) >= 11 is 6.31. The van der Waals surface area contributed by atoms with Crippen molar-refractivity contribution >= 4 is 17.5 Å². The van der Waals surface area contributed by atoms with Crippen LogP contribution in [0.15, 0.2) is 47.1 Å². The van der Waals surface area contributed by atoms with E-state index in [0.717, 1.165) is 24.3 Å². The van der Waals surface area contributed by atoms with Gasteiger partial charge in [0.25, 0.3) is 5.91 Å². The first-order valence-electron chi connectivity index (χ1n) is 9.62. The lowest BCUT2D eigenvalue weighted by molar-refractivity contribution is 0.0594. The van der Waals surface area contributed by atoms with Crippen molar-refractivity contribution in [3.8, 4) is 17.0 Å². The third-order valence-electron chi connectivity index (χ3n) is 5.12. The van der Waals surface area contributed by atoms with Crippen molar-refractivity contribution in [2.75, 3.05) is 13.1 Å². The van der Waals surface area contributed by atoms with E-state index in [9.17, 15) is 4.79 Å². The van der Waals surface area contributed by atoms with Gasteiger partial charge in [-0.2, -0.15) is 0 Å². The summed E-state index contributed by atoms with van der Waals surface area (Å²) in [5, 5.41) is 4.64. The predicted octanol–water partition coefficient (Wildman–Crippen LogP) is 4.69. The van der Waals surface area contributed by atoms with Crippen molar-refractivity contribution in [3.05, 3.63) is 64.6 Å². The van der Waals surface area contributed by atoms with Crippen molar-refractivity contribution in [1.29, 1.82) is 0 Å². The molecule has 150 valence electrons. The van der Waals surface area contributed by atoms with Crippen LogP contribution in [0, 0.1) is 13.8 Å². The molecule has 0 bridgehead atoms. The average molecular weight is 412 g/mol. The minimum atomic E-state index is -0.0888. The van der Waals surface area contributed by atoms with Gasteiger partial charge in [-0.15, -0.1) is 0 Å². The maximum Gasteiger partial charge on any atom is 0.259 e. The number of rotatable bonds is 4. The van der Waals surface area contributed by atoms with E-state index in [1.165, 1.54) is 0 Å². The molecule has 2 aromatic heterocycles. The van der Waals surface area contributed by atoms with Crippen molar-refractivity contribution in [3.63, 3.8) is 0 Å². The molecular formula is C22H22ClN3O3. The molecule has 0 spiro atoms. The van der Waals surface area contributed by atoms with Gasteiger partial charge >= 0.3 is 0 Å². The number of halogens is 1. The second kappa shape index (κ2) is 8.25.